The van der Waals surface area contributed by atoms with Crippen LogP contribution in [0.2, 0.25) is 0 Å². The van der Waals surface area contributed by atoms with Gasteiger partial charge in [-0.3, -0.25) is 4.79 Å². The first-order valence-electron chi connectivity index (χ1n) is 5.44. The molecule has 6 heteroatoms. The van der Waals surface area contributed by atoms with Gasteiger partial charge in [-0.25, -0.2) is 0 Å². The molecule has 0 aliphatic rings. The number of halogens is 3. The Hall–Kier alpha value is -1.30. The van der Waals surface area contributed by atoms with Crippen molar-refractivity contribution < 1.29 is 13.2 Å². The summed E-state index contributed by atoms with van der Waals surface area (Å²) >= 11 is 0. The van der Waals surface area contributed by atoms with E-state index in [9.17, 15) is 18.0 Å². The number of rotatable bonds is 5. The quantitative estimate of drug-likeness (QED) is 0.807. The standard InChI is InChI=1S/C11H15F3N2O/c1-2-15-7-4-8-16-9(11(12,13)14)5-3-6-10(16)17/h3,5-6,15H,2,4,7-8H2,1H3. The number of alkyl halides is 3. The molecule has 0 radical (unpaired) electrons. The summed E-state index contributed by atoms with van der Waals surface area (Å²) in [6, 6.07) is 3.20. The summed E-state index contributed by atoms with van der Waals surface area (Å²) in [5.74, 6) is 0. The molecule has 96 valence electrons. The van der Waals surface area contributed by atoms with E-state index < -0.39 is 17.4 Å². The van der Waals surface area contributed by atoms with Gasteiger partial charge in [-0.15, -0.1) is 0 Å². The average molecular weight is 248 g/mol. The summed E-state index contributed by atoms with van der Waals surface area (Å²) in [5.41, 5.74) is -1.50. The molecule has 1 aromatic heterocycles. The molecule has 0 amide bonds. The second kappa shape index (κ2) is 5.86. The molecule has 0 saturated heterocycles. The zero-order valence-electron chi connectivity index (χ0n) is 9.55. The Labute approximate surface area is 97.3 Å². The van der Waals surface area contributed by atoms with Crippen LogP contribution in [-0.2, 0) is 12.7 Å². The first-order valence-corrected chi connectivity index (χ1v) is 5.44. The largest absolute Gasteiger partial charge is 0.431 e. The van der Waals surface area contributed by atoms with E-state index in [2.05, 4.69) is 5.32 Å². The lowest BCUT2D eigenvalue weighted by Gasteiger charge is -2.14. The fourth-order valence-corrected chi connectivity index (χ4v) is 1.54. The summed E-state index contributed by atoms with van der Waals surface area (Å²) < 4.78 is 38.7. The Morgan fingerprint density at radius 1 is 1.35 bits per heavy atom. The van der Waals surface area contributed by atoms with Gasteiger partial charge < -0.3 is 9.88 Å². The van der Waals surface area contributed by atoms with Crippen LogP contribution in [0.1, 0.15) is 19.0 Å². The van der Waals surface area contributed by atoms with Gasteiger partial charge in [0.1, 0.15) is 5.69 Å². The minimum atomic E-state index is -4.49. The number of hydrogen-bond acceptors (Lipinski definition) is 2. The van der Waals surface area contributed by atoms with Crippen LogP contribution >= 0.6 is 0 Å². The van der Waals surface area contributed by atoms with Crippen molar-refractivity contribution >= 4 is 0 Å². The van der Waals surface area contributed by atoms with Crippen LogP contribution in [0, 0.1) is 0 Å². The topological polar surface area (TPSA) is 34.0 Å². The summed E-state index contributed by atoms with van der Waals surface area (Å²) in [5, 5.41) is 3.00. The van der Waals surface area contributed by atoms with Crippen molar-refractivity contribution in [3.05, 3.63) is 34.2 Å². The maximum absolute atomic E-state index is 12.6. The molecule has 0 aromatic carbocycles. The maximum Gasteiger partial charge on any atom is 0.431 e. The molecular weight excluding hydrogens is 233 g/mol. The summed E-state index contributed by atoms with van der Waals surface area (Å²) in [6.45, 7) is 3.34. The van der Waals surface area contributed by atoms with E-state index in [0.717, 1.165) is 29.3 Å². The normalized spacial score (nSPS) is 11.8. The van der Waals surface area contributed by atoms with Gasteiger partial charge in [0.25, 0.3) is 5.56 Å². The van der Waals surface area contributed by atoms with Gasteiger partial charge in [0.05, 0.1) is 0 Å². The molecule has 0 spiro atoms. The van der Waals surface area contributed by atoms with Crippen molar-refractivity contribution in [3.8, 4) is 0 Å². The van der Waals surface area contributed by atoms with E-state index >= 15 is 0 Å². The number of pyridine rings is 1. The van der Waals surface area contributed by atoms with Gasteiger partial charge in [0, 0.05) is 12.6 Å². The molecular formula is C11H15F3N2O. The van der Waals surface area contributed by atoms with Crippen LogP contribution < -0.4 is 10.9 Å². The highest BCUT2D eigenvalue weighted by Gasteiger charge is 2.33. The van der Waals surface area contributed by atoms with E-state index in [1.54, 1.807) is 0 Å². The van der Waals surface area contributed by atoms with E-state index in [1.165, 1.54) is 0 Å². The molecule has 1 aromatic rings. The van der Waals surface area contributed by atoms with Gasteiger partial charge in [-0.1, -0.05) is 13.0 Å². The number of nitrogens with zero attached hydrogens (tertiary/aromatic N) is 1. The second-order valence-electron chi connectivity index (χ2n) is 3.61. The zero-order chi connectivity index (χ0) is 12.9. The van der Waals surface area contributed by atoms with Crippen LogP contribution in [0.25, 0.3) is 0 Å². The first kappa shape index (κ1) is 13.8. The van der Waals surface area contributed by atoms with Crippen molar-refractivity contribution in [2.75, 3.05) is 13.1 Å². The fraction of sp³-hybridized carbons (Fsp3) is 0.545. The molecule has 1 rings (SSSR count). The second-order valence-corrected chi connectivity index (χ2v) is 3.61. The average Bonchev–Trinajstić information content (AvgIpc) is 2.24. The van der Waals surface area contributed by atoms with Gasteiger partial charge >= 0.3 is 6.18 Å². The third-order valence-electron chi connectivity index (χ3n) is 2.33. The fourth-order valence-electron chi connectivity index (χ4n) is 1.54. The Kier molecular flexibility index (Phi) is 4.74. The first-order chi connectivity index (χ1) is 7.96. The third kappa shape index (κ3) is 3.89. The molecule has 17 heavy (non-hydrogen) atoms. The molecule has 0 atom stereocenters. The zero-order valence-corrected chi connectivity index (χ0v) is 9.55. The molecule has 3 nitrogen and oxygen atoms in total. The van der Waals surface area contributed by atoms with Gasteiger partial charge in [0.2, 0.25) is 0 Å². The lowest BCUT2D eigenvalue weighted by atomic mass is 10.3. The summed E-state index contributed by atoms with van der Waals surface area (Å²) in [4.78, 5) is 11.4. The van der Waals surface area contributed by atoms with Gasteiger partial charge in [-0.05, 0) is 25.6 Å². The van der Waals surface area contributed by atoms with E-state index in [4.69, 9.17) is 0 Å². The minimum Gasteiger partial charge on any atom is -0.317 e. The molecule has 0 bridgehead atoms. The maximum atomic E-state index is 12.6. The van der Waals surface area contributed by atoms with Crippen LogP contribution in [0.5, 0.6) is 0 Å². The Balaban J connectivity index is 2.86. The number of nitrogens with one attached hydrogen (secondary N) is 1. The molecule has 1 heterocycles. The lowest BCUT2D eigenvalue weighted by Crippen LogP contribution is -2.28. The van der Waals surface area contributed by atoms with Gasteiger partial charge in [0.15, 0.2) is 0 Å². The summed E-state index contributed by atoms with van der Waals surface area (Å²) in [6.07, 6.45) is -4.00. The van der Waals surface area contributed by atoms with E-state index in [0.29, 0.717) is 13.0 Å². The van der Waals surface area contributed by atoms with Crippen LogP contribution in [-0.4, -0.2) is 17.7 Å². The van der Waals surface area contributed by atoms with Crippen LogP contribution in [0.4, 0.5) is 13.2 Å². The third-order valence-corrected chi connectivity index (χ3v) is 2.33. The Bertz CT molecular complexity index is 412. The molecule has 0 aliphatic carbocycles. The van der Waals surface area contributed by atoms with Crippen molar-refractivity contribution in [3.63, 3.8) is 0 Å². The van der Waals surface area contributed by atoms with Crippen LogP contribution in [0.15, 0.2) is 23.0 Å². The SMILES string of the molecule is CCNCCCn1c(C(F)(F)F)cccc1=O. The monoisotopic (exact) mass is 248 g/mol. The summed E-state index contributed by atoms with van der Waals surface area (Å²) in [7, 11) is 0. The Morgan fingerprint density at radius 3 is 2.65 bits per heavy atom. The van der Waals surface area contributed by atoms with Crippen molar-refractivity contribution in [2.24, 2.45) is 0 Å². The van der Waals surface area contributed by atoms with Crippen molar-refractivity contribution in [1.29, 1.82) is 0 Å². The van der Waals surface area contributed by atoms with Gasteiger partial charge in [-0.2, -0.15) is 13.2 Å². The highest BCUT2D eigenvalue weighted by atomic mass is 19.4. The van der Waals surface area contributed by atoms with E-state index in [1.807, 2.05) is 6.92 Å². The molecule has 1 N–H and O–H groups in total. The molecule has 0 unspecified atom stereocenters. The predicted octanol–water partition coefficient (Wildman–Crippen LogP) is 1.87. The predicted molar refractivity (Wildman–Crippen MR) is 58.9 cm³/mol. The highest BCUT2D eigenvalue weighted by molar-refractivity contribution is 5.10. The minimum absolute atomic E-state index is 0.0709. The highest BCUT2D eigenvalue weighted by Crippen LogP contribution is 2.28. The van der Waals surface area contributed by atoms with Crippen molar-refractivity contribution in [1.82, 2.24) is 9.88 Å². The Morgan fingerprint density at radius 2 is 2.06 bits per heavy atom. The van der Waals surface area contributed by atoms with Crippen LogP contribution in [0.3, 0.4) is 0 Å². The molecule has 0 saturated carbocycles. The molecule has 0 fully saturated rings. The smallest absolute Gasteiger partial charge is 0.317 e. The number of aromatic nitrogens is 1. The van der Waals surface area contributed by atoms with E-state index in [-0.39, 0.29) is 6.54 Å². The van der Waals surface area contributed by atoms with Crippen molar-refractivity contribution in [2.45, 2.75) is 26.1 Å². The lowest BCUT2D eigenvalue weighted by molar-refractivity contribution is -0.144. The molecule has 0 aliphatic heterocycles. The number of hydrogen-bond donors (Lipinski definition) is 1.